The van der Waals surface area contributed by atoms with Gasteiger partial charge >= 0.3 is 0 Å². The van der Waals surface area contributed by atoms with Crippen molar-refractivity contribution in [1.82, 2.24) is 24.2 Å². The number of pyridine rings is 1. The number of hydrogen-bond acceptors (Lipinski definition) is 5. The van der Waals surface area contributed by atoms with Crippen LogP contribution in [0.2, 0.25) is 0 Å². The lowest BCUT2D eigenvalue weighted by molar-refractivity contribution is -0.126. The summed E-state index contributed by atoms with van der Waals surface area (Å²) in [6.45, 7) is 2.04. The second-order valence-corrected chi connectivity index (χ2v) is 9.41. The number of nitrogens with zero attached hydrogens (tertiary/aromatic N) is 4. The predicted molar refractivity (Wildman–Crippen MR) is 107 cm³/mol. The van der Waals surface area contributed by atoms with Crippen LogP contribution in [-0.2, 0) is 14.8 Å². The first-order valence-corrected chi connectivity index (χ1v) is 11.3. The molecule has 0 bridgehead atoms. The molecule has 8 nitrogen and oxygen atoms in total. The van der Waals surface area contributed by atoms with Gasteiger partial charge in [0.15, 0.2) is 23.1 Å². The molecular formula is C20H21F2N5O3S. The number of nitrogens with one attached hydrogen (secondary N) is 1. The Bertz CT molecular complexity index is 1220. The van der Waals surface area contributed by atoms with Gasteiger partial charge in [0.25, 0.3) is 0 Å². The van der Waals surface area contributed by atoms with Gasteiger partial charge in [0.1, 0.15) is 0 Å². The molecule has 0 radical (unpaired) electrons. The number of fused-ring (bicyclic) bond motifs is 1. The fourth-order valence-electron chi connectivity index (χ4n) is 3.70. The number of sulfonamides is 1. The van der Waals surface area contributed by atoms with E-state index in [1.165, 1.54) is 4.31 Å². The minimum Gasteiger partial charge on any atom is -0.346 e. The second kappa shape index (κ2) is 8.31. The summed E-state index contributed by atoms with van der Waals surface area (Å²) in [7, 11) is -3.96. The number of carbonyl (C=O) groups excluding carboxylic acids is 1. The Labute approximate surface area is 177 Å². The van der Waals surface area contributed by atoms with E-state index in [0.29, 0.717) is 30.4 Å². The Morgan fingerprint density at radius 3 is 2.58 bits per heavy atom. The largest absolute Gasteiger partial charge is 0.346 e. The molecule has 0 aliphatic carbocycles. The third-order valence-electron chi connectivity index (χ3n) is 5.44. The van der Waals surface area contributed by atoms with Gasteiger partial charge in [-0.1, -0.05) is 6.07 Å². The highest BCUT2D eigenvalue weighted by Crippen LogP contribution is 2.25. The third-order valence-corrected chi connectivity index (χ3v) is 7.33. The van der Waals surface area contributed by atoms with E-state index < -0.39 is 21.7 Å². The van der Waals surface area contributed by atoms with E-state index in [0.717, 1.165) is 12.1 Å². The average molecular weight is 449 g/mol. The van der Waals surface area contributed by atoms with E-state index in [4.69, 9.17) is 0 Å². The Kier molecular flexibility index (Phi) is 5.71. The Morgan fingerprint density at radius 2 is 1.87 bits per heavy atom. The van der Waals surface area contributed by atoms with E-state index in [9.17, 15) is 22.0 Å². The van der Waals surface area contributed by atoms with Gasteiger partial charge < -0.3 is 5.32 Å². The van der Waals surface area contributed by atoms with Crippen molar-refractivity contribution in [3.8, 4) is 0 Å². The zero-order chi connectivity index (χ0) is 22.2. The van der Waals surface area contributed by atoms with Gasteiger partial charge in [-0.05, 0) is 50.1 Å². The number of hydrogen-bond donors (Lipinski definition) is 1. The molecule has 1 amide bonds. The standard InChI is InChI=1S/C20H21F2N5O3S/c1-13(19-25-24-18-4-2-3-9-27(18)19)23-20(28)14-7-10-26(11-8-14)31(29,30)15-5-6-16(21)17(22)12-15/h2-6,9,12-14H,7-8,10-11H2,1H3,(H,23,28). The van der Waals surface area contributed by atoms with Gasteiger partial charge in [-0.2, -0.15) is 4.31 Å². The molecular weight excluding hydrogens is 428 g/mol. The van der Waals surface area contributed by atoms with Crippen LogP contribution >= 0.6 is 0 Å². The molecule has 1 N–H and O–H groups in total. The van der Waals surface area contributed by atoms with Crippen LogP contribution in [0.25, 0.3) is 5.65 Å². The first kappa shape index (κ1) is 21.3. The highest BCUT2D eigenvalue weighted by molar-refractivity contribution is 7.89. The topological polar surface area (TPSA) is 96.7 Å². The minimum absolute atomic E-state index is 0.113. The molecule has 164 valence electrons. The number of rotatable bonds is 5. The average Bonchev–Trinajstić information content (AvgIpc) is 3.20. The smallest absolute Gasteiger partial charge is 0.243 e. The first-order valence-electron chi connectivity index (χ1n) is 9.82. The van der Waals surface area contributed by atoms with Crippen LogP contribution in [-0.4, -0.2) is 46.3 Å². The highest BCUT2D eigenvalue weighted by Gasteiger charge is 2.33. The Hall–Kier alpha value is -2.92. The van der Waals surface area contributed by atoms with Crippen LogP contribution in [0.4, 0.5) is 8.78 Å². The van der Waals surface area contributed by atoms with Crippen molar-refractivity contribution in [1.29, 1.82) is 0 Å². The number of carbonyl (C=O) groups is 1. The van der Waals surface area contributed by atoms with E-state index in [-0.39, 0.29) is 35.9 Å². The van der Waals surface area contributed by atoms with Crippen molar-refractivity contribution < 1.29 is 22.0 Å². The van der Waals surface area contributed by atoms with Gasteiger partial charge in [-0.15, -0.1) is 10.2 Å². The lowest BCUT2D eigenvalue weighted by Crippen LogP contribution is -2.43. The van der Waals surface area contributed by atoms with Gasteiger partial charge in [0.2, 0.25) is 15.9 Å². The maximum atomic E-state index is 13.5. The summed E-state index contributed by atoms with van der Waals surface area (Å²) in [5.41, 5.74) is 0.675. The maximum absolute atomic E-state index is 13.5. The molecule has 0 spiro atoms. The second-order valence-electron chi connectivity index (χ2n) is 7.47. The number of halogens is 2. The molecule has 1 unspecified atom stereocenters. The van der Waals surface area contributed by atoms with Crippen molar-refractivity contribution >= 4 is 21.6 Å². The zero-order valence-electron chi connectivity index (χ0n) is 16.7. The summed E-state index contributed by atoms with van der Waals surface area (Å²) < 4.78 is 55.0. The molecule has 3 heterocycles. The van der Waals surface area contributed by atoms with Crippen LogP contribution in [0.15, 0.2) is 47.5 Å². The molecule has 1 atom stereocenters. The van der Waals surface area contributed by atoms with Gasteiger partial charge in [0, 0.05) is 25.2 Å². The van der Waals surface area contributed by atoms with E-state index in [2.05, 4.69) is 15.5 Å². The predicted octanol–water partition coefficient (Wildman–Crippen LogP) is 2.29. The van der Waals surface area contributed by atoms with Crippen LogP contribution in [0.5, 0.6) is 0 Å². The molecule has 2 aromatic heterocycles. The third kappa shape index (κ3) is 4.15. The van der Waals surface area contributed by atoms with E-state index >= 15 is 0 Å². The van der Waals surface area contributed by atoms with Crippen LogP contribution < -0.4 is 5.32 Å². The summed E-state index contributed by atoms with van der Waals surface area (Å²) in [6, 6.07) is 7.63. The Balaban J connectivity index is 1.39. The van der Waals surface area contributed by atoms with Crippen molar-refractivity contribution in [3.05, 3.63) is 60.1 Å². The van der Waals surface area contributed by atoms with Crippen molar-refractivity contribution in [3.63, 3.8) is 0 Å². The number of benzene rings is 1. The fourth-order valence-corrected chi connectivity index (χ4v) is 5.18. The normalized spacial score (nSPS) is 17.0. The number of piperidine rings is 1. The Morgan fingerprint density at radius 1 is 1.13 bits per heavy atom. The maximum Gasteiger partial charge on any atom is 0.243 e. The van der Waals surface area contributed by atoms with Crippen LogP contribution in [0, 0.1) is 17.6 Å². The number of amides is 1. The lowest BCUT2D eigenvalue weighted by atomic mass is 9.97. The van der Waals surface area contributed by atoms with Gasteiger partial charge in [-0.3, -0.25) is 9.20 Å². The summed E-state index contributed by atoms with van der Waals surface area (Å²) in [5, 5.41) is 11.1. The fraction of sp³-hybridized carbons (Fsp3) is 0.350. The summed E-state index contributed by atoms with van der Waals surface area (Å²) in [6.07, 6.45) is 2.46. The van der Waals surface area contributed by atoms with E-state index in [1.807, 2.05) is 31.3 Å². The first-order chi connectivity index (χ1) is 14.8. The molecule has 4 rings (SSSR count). The molecule has 3 aromatic rings. The van der Waals surface area contributed by atoms with Gasteiger partial charge in [0.05, 0.1) is 10.9 Å². The molecule has 31 heavy (non-hydrogen) atoms. The molecule has 1 fully saturated rings. The highest BCUT2D eigenvalue weighted by atomic mass is 32.2. The molecule has 1 aliphatic heterocycles. The summed E-state index contributed by atoms with van der Waals surface area (Å²) in [5.74, 6) is -2.28. The summed E-state index contributed by atoms with van der Waals surface area (Å²) >= 11 is 0. The minimum atomic E-state index is -3.96. The molecule has 1 aromatic carbocycles. The van der Waals surface area contributed by atoms with Crippen LogP contribution in [0.3, 0.4) is 0 Å². The lowest BCUT2D eigenvalue weighted by Gasteiger charge is -2.31. The summed E-state index contributed by atoms with van der Waals surface area (Å²) in [4.78, 5) is 12.4. The van der Waals surface area contributed by atoms with Crippen LogP contribution in [0.1, 0.15) is 31.6 Å². The molecule has 11 heteroatoms. The van der Waals surface area contributed by atoms with Crippen molar-refractivity contribution in [2.45, 2.75) is 30.7 Å². The number of aromatic nitrogens is 3. The van der Waals surface area contributed by atoms with Crippen molar-refractivity contribution in [2.24, 2.45) is 5.92 Å². The molecule has 1 aliphatic rings. The molecule has 0 saturated carbocycles. The quantitative estimate of drug-likeness (QED) is 0.645. The molecule has 1 saturated heterocycles. The zero-order valence-corrected chi connectivity index (χ0v) is 17.5. The monoisotopic (exact) mass is 449 g/mol. The van der Waals surface area contributed by atoms with Crippen molar-refractivity contribution in [2.75, 3.05) is 13.1 Å². The van der Waals surface area contributed by atoms with Gasteiger partial charge in [-0.25, -0.2) is 17.2 Å². The SMILES string of the molecule is CC(NC(=O)C1CCN(S(=O)(=O)c2ccc(F)c(F)c2)CC1)c1nnc2ccccn12. The van der Waals surface area contributed by atoms with E-state index in [1.54, 1.807) is 4.40 Å².